The number of rotatable bonds is 8. The molecule has 6 aromatic rings. The quantitative estimate of drug-likeness (QED) is 0.171. The molecule has 0 atom stereocenters. The van der Waals surface area contributed by atoms with Crippen LogP contribution in [0.2, 0.25) is 0 Å². The van der Waals surface area contributed by atoms with Gasteiger partial charge in [-0.15, -0.1) is 0 Å². The van der Waals surface area contributed by atoms with Crippen molar-refractivity contribution in [3.05, 3.63) is 182 Å². The van der Waals surface area contributed by atoms with Gasteiger partial charge in [-0.2, -0.15) is 0 Å². The molecular weight excluding hydrogens is 658 g/mol. The van der Waals surface area contributed by atoms with E-state index in [0.29, 0.717) is 0 Å². The van der Waals surface area contributed by atoms with Gasteiger partial charge in [0.25, 0.3) is 0 Å². The highest BCUT2D eigenvalue weighted by Crippen LogP contribution is 2.57. The Morgan fingerprint density at radius 3 is 0.978 bits per heavy atom. The highest BCUT2D eigenvalue weighted by molar-refractivity contribution is 7.95. The highest BCUT2D eigenvalue weighted by atomic mass is 79.9. The van der Waals surface area contributed by atoms with Gasteiger partial charge >= 0.3 is 0 Å². The lowest BCUT2D eigenvalue weighted by molar-refractivity contribution is -0.00000869. The van der Waals surface area contributed by atoms with Gasteiger partial charge in [-0.3, -0.25) is 0 Å². The fraction of sp³-hybridized carbons (Fsp3) is 0.163. The van der Waals surface area contributed by atoms with Crippen LogP contribution in [-0.2, 0) is 0 Å². The second-order valence-electron chi connectivity index (χ2n) is 11.8. The first-order valence-corrected chi connectivity index (χ1v) is 19.7. The van der Waals surface area contributed by atoms with Gasteiger partial charge in [0.05, 0.1) is 6.16 Å². The van der Waals surface area contributed by atoms with Gasteiger partial charge in [0.15, 0.2) is 0 Å². The Bertz CT molecular complexity index is 1480. The second-order valence-corrected chi connectivity index (χ2v) is 17.6. The second kappa shape index (κ2) is 17.5. The van der Waals surface area contributed by atoms with Gasteiger partial charge in [0.1, 0.15) is 23.2 Å². The van der Waals surface area contributed by atoms with E-state index in [1.165, 1.54) is 70.1 Å². The summed E-state index contributed by atoms with van der Waals surface area (Å²) >= 11 is 0. The molecule has 1 aliphatic carbocycles. The van der Waals surface area contributed by atoms with Crippen molar-refractivity contribution in [2.24, 2.45) is 5.92 Å². The number of halogens is 1. The smallest absolute Gasteiger partial charge is 0.112 e. The molecule has 0 heterocycles. The zero-order chi connectivity index (χ0) is 30.6. The summed E-state index contributed by atoms with van der Waals surface area (Å²) in [6.45, 7) is 0. The lowest BCUT2D eigenvalue weighted by atomic mass is 9.91. The molecule has 1 saturated carbocycles. The van der Waals surface area contributed by atoms with E-state index in [-0.39, 0.29) is 17.0 Å². The van der Waals surface area contributed by atoms with E-state index in [4.69, 9.17) is 0 Å². The Hall–Kier alpha value is -3.34. The summed E-state index contributed by atoms with van der Waals surface area (Å²) in [5, 5.41) is 8.79. The van der Waals surface area contributed by atoms with E-state index in [2.05, 4.69) is 182 Å². The molecule has 232 valence electrons. The molecule has 7 rings (SSSR count). The third kappa shape index (κ3) is 8.32. The van der Waals surface area contributed by atoms with Crippen LogP contribution in [0.15, 0.2) is 182 Å². The summed E-state index contributed by atoms with van der Waals surface area (Å²) in [4.78, 5) is 0. The summed E-state index contributed by atoms with van der Waals surface area (Å²) in [6.07, 6.45) is 8.34. The summed E-state index contributed by atoms with van der Waals surface area (Å²) in [7, 11) is -2.07. The van der Waals surface area contributed by atoms with Crippen LogP contribution in [0.4, 0.5) is 0 Å². The van der Waals surface area contributed by atoms with Gasteiger partial charge in [-0.1, -0.05) is 165 Å². The highest BCUT2D eigenvalue weighted by Gasteiger charge is 2.46. The minimum atomic E-state index is -1.62. The van der Waals surface area contributed by atoms with Crippen molar-refractivity contribution in [1.29, 1.82) is 0 Å². The zero-order valence-corrected chi connectivity index (χ0v) is 29.8. The molecule has 0 amide bonds. The maximum absolute atomic E-state index is 2.37. The van der Waals surface area contributed by atoms with Gasteiger partial charge in [0.2, 0.25) is 0 Å². The van der Waals surface area contributed by atoms with Gasteiger partial charge in [-0.05, 0) is 79.0 Å². The minimum Gasteiger partial charge on any atom is -1.00 e. The monoisotopic (exact) mass is 700 g/mol. The number of benzene rings is 6. The van der Waals surface area contributed by atoms with Crippen LogP contribution in [0.5, 0.6) is 0 Å². The molecule has 0 aliphatic heterocycles. The predicted octanol–water partition coefficient (Wildman–Crippen LogP) is 6.01. The Morgan fingerprint density at radius 1 is 0.391 bits per heavy atom. The first-order valence-electron chi connectivity index (χ1n) is 16.3. The molecule has 0 radical (unpaired) electrons. The van der Waals surface area contributed by atoms with Gasteiger partial charge < -0.3 is 17.0 Å². The van der Waals surface area contributed by atoms with Crippen LogP contribution in [-0.4, -0.2) is 6.16 Å². The summed E-state index contributed by atoms with van der Waals surface area (Å²) in [6, 6.07) is 66.3. The van der Waals surface area contributed by atoms with Crippen molar-refractivity contribution in [2.75, 3.05) is 6.16 Å². The van der Waals surface area contributed by atoms with Crippen molar-refractivity contribution in [2.45, 2.75) is 32.1 Å². The maximum atomic E-state index is 2.37. The Kier molecular flexibility index (Phi) is 13.0. The van der Waals surface area contributed by atoms with Crippen LogP contribution in [0, 0.1) is 5.92 Å². The Balaban J connectivity index is 0.000000186. The first-order chi connectivity index (χ1) is 22.3. The largest absolute Gasteiger partial charge is 1.00 e. The normalized spacial score (nSPS) is 13.2. The van der Waals surface area contributed by atoms with Crippen molar-refractivity contribution < 1.29 is 17.0 Å². The Morgan fingerprint density at radius 2 is 0.674 bits per heavy atom. The third-order valence-corrected chi connectivity index (χ3v) is 15.9. The van der Waals surface area contributed by atoms with Crippen molar-refractivity contribution in [1.82, 2.24) is 0 Å². The molecule has 0 nitrogen and oxygen atoms in total. The fourth-order valence-corrected chi connectivity index (χ4v) is 13.8. The molecule has 3 heteroatoms. The van der Waals surface area contributed by atoms with Crippen molar-refractivity contribution in [3.8, 4) is 0 Å². The topological polar surface area (TPSA) is 0 Å². The first kappa shape index (κ1) is 34.0. The van der Waals surface area contributed by atoms with Gasteiger partial charge in [-0.25, -0.2) is 0 Å². The van der Waals surface area contributed by atoms with E-state index in [1.807, 2.05) is 0 Å². The molecular formula is C43H43BrP2. The van der Waals surface area contributed by atoms with E-state index in [0.717, 1.165) is 5.92 Å². The average molecular weight is 702 g/mol. The average Bonchev–Trinajstić information content (AvgIpc) is 3.14. The lowest BCUT2D eigenvalue weighted by Gasteiger charge is -2.32. The van der Waals surface area contributed by atoms with E-state index < -0.39 is 15.2 Å². The molecule has 46 heavy (non-hydrogen) atoms. The summed E-state index contributed by atoms with van der Waals surface area (Å²) in [5.41, 5.74) is 0. The lowest BCUT2D eigenvalue weighted by Crippen LogP contribution is -3.00. The van der Waals surface area contributed by atoms with Crippen molar-refractivity contribution >= 4 is 47.0 Å². The van der Waals surface area contributed by atoms with Gasteiger partial charge in [0, 0.05) is 0 Å². The Labute approximate surface area is 288 Å². The maximum Gasteiger partial charge on any atom is 0.112 e. The van der Waals surface area contributed by atoms with Crippen LogP contribution >= 0.6 is 15.2 Å². The predicted molar refractivity (Wildman–Crippen MR) is 202 cm³/mol. The van der Waals surface area contributed by atoms with E-state index >= 15 is 0 Å². The summed E-state index contributed by atoms with van der Waals surface area (Å²) in [5.74, 6) is 0.845. The SMILES string of the molecule is [Br-].c1ccc(P(c2ccccc2)c2ccccc2)cc1.c1ccc([P+](CC2CCCCC2)(c2ccccc2)c2ccccc2)cc1. The van der Waals surface area contributed by atoms with Crippen LogP contribution in [0.1, 0.15) is 32.1 Å². The molecule has 0 bridgehead atoms. The molecule has 6 aromatic carbocycles. The molecule has 0 saturated heterocycles. The molecule has 0 N–H and O–H groups in total. The van der Waals surface area contributed by atoms with E-state index in [9.17, 15) is 0 Å². The molecule has 1 fully saturated rings. The van der Waals surface area contributed by atoms with E-state index in [1.54, 1.807) is 0 Å². The molecule has 0 aromatic heterocycles. The third-order valence-electron chi connectivity index (χ3n) is 8.89. The van der Waals surface area contributed by atoms with Crippen molar-refractivity contribution in [3.63, 3.8) is 0 Å². The van der Waals surface area contributed by atoms with Crippen LogP contribution in [0.3, 0.4) is 0 Å². The summed E-state index contributed by atoms with van der Waals surface area (Å²) < 4.78 is 0. The zero-order valence-electron chi connectivity index (χ0n) is 26.4. The molecule has 0 unspecified atom stereocenters. The fourth-order valence-electron chi connectivity index (χ4n) is 6.75. The minimum absolute atomic E-state index is 0. The van der Waals surface area contributed by atoms with Crippen LogP contribution < -0.4 is 48.8 Å². The standard InChI is InChI=1S/C25H28P.C18H15P.BrH/c1-5-13-22(14-6-1)21-26(23-15-7-2-8-16-23,24-17-9-3-10-18-24)25-19-11-4-12-20-25;1-4-10-16(11-5-1)19(17-12-6-2-7-13-17)18-14-8-3-9-15-18;/h2-4,7-12,15-20,22H,1,5-6,13-14,21H2;1-15H;1H/q+1;;/p-1. The number of hydrogen-bond donors (Lipinski definition) is 0. The van der Waals surface area contributed by atoms with Crippen LogP contribution in [0.25, 0.3) is 0 Å². The number of hydrogen-bond acceptors (Lipinski definition) is 0. The molecule has 0 spiro atoms. The molecule has 1 aliphatic rings.